The van der Waals surface area contributed by atoms with Gasteiger partial charge in [0.25, 0.3) is 0 Å². The van der Waals surface area contributed by atoms with Crippen LogP contribution in [0.25, 0.3) is 0 Å². The van der Waals surface area contributed by atoms with Crippen LogP contribution in [0.15, 0.2) is 0 Å². The Balaban J connectivity index is 0.00000264. The monoisotopic (exact) mass is 357 g/mol. The van der Waals surface area contributed by atoms with Crippen LogP contribution in [0.5, 0.6) is 0 Å². The van der Waals surface area contributed by atoms with E-state index in [1.165, 1.54) is 0 Å². The summed E-state index contributed by atoms with van der Waals surface area (Å²) in [7, 11) is 0. The van der Waals surface area contributed by atoms with Gasteiger partial charge in [0.05, 0.1) is 5.92 Å². The van der Waals surface area contributed by atoms with E-state index in [-0.39, 0.29) is 31.3 Å². The van der Waals surface area contributed by atoms with Crippen LogP contribution in [0, 0.1) is 5.92 Å². The largest absolute Gasteiger partial charge is 0.406 e. The summed E-state index contributed by atoms with van der Waals surface area (Å²) in [5.74, 6) is -1.39. The molecule has 1 aliphatic heterocycles. The third-order valence-electron chi connectivity index (χ3n) is 4.55. The summed E-state index contributed by atoms with van der Waals surface area (Å²) in [6.07, 6.45) is -0.999. The van der Waals surface area contributed by atoms with Crippen LogP contribution in [-0.2, 0) is 9.59 Å². The van der Waals surface area contributed by atoms with Crippen molar-refractivity contribution >= 4 is 24.2 Å². The molecule has 1 saturated carbocycles. The molecule has 0 bridgehead atoms. The predicted molar refractivity (Wildman–Crippen MR) is 81.0 cm³/mol. The average molecular weight is 358 g/mol. The third-order valence-corrected chi connectivity index (χ3v) is 4.55. The lowest BCUT2D eigenvalue weighted by molar-refractivity contribution is -0.158. The maximum atomic E-state index is 12.4. The summed E-state index contributed by atoms with van der Waals surface area (Å²) in [6, 6.07) is -0.868. The van der Waals surface area contributed by atoms with E-state index in [0.29, 0.717) is 6.42 Å². The van der Waals surface area contributed by atoms with Crippen molar-refractivity contribution in [2.45, 2.75) is 56.8 Å². The highest BCUT2D eigenvalue weighted by Gasteiger charge is 2.42. The zero-order chi connectivity index (χ0) is 16.5. The van der Waals surface area contributed by atoms with Gasteiger partial charge in [0.15, 0.2) is 0 Å². The lowest BCUT2D eigenvalue weighted by atomic mass is 9.74. The first-order valence-corrected chi connectivity index (χ1v) is 7.55. The second kappa shape index (κ2) is 7.25. The Morgan fingerprint density at radius 3 is 2.61 bits per heavy atom. The number of rotatable bonds is 3. The van der Waals surface area contributed by atoms with Gasteiger partial charge in [0.1, 0.15) is 12.6 Å². The van der Waals surface area contributed by atoms with E-state index in [1.54, 1.807) is 0 Å². The topological polar surface area (TPSA) is 75.4 Å². The summed E-state index contributed by atoms with van der Waals surface area (Å²) in [5, 5.41) is 2.59. The molecule has 1 saturated heterocycles. The Bertz CT molecular complexity index is 457. The molecule has 23 heavy (non-hydrogen) atoms. The van der Waals surface area contributed by atoms with Crippen LogP contribution < -0.4 is 11.1 Å². The minimum absolute atomic E-state index is 0. The molecule has 3 unspecified atom stereocenters. The van der Waals surface area contributed by atoms with Crippen LogP contribution >= 0.6 is 12.4 Å². The fourth-order valence-corrected chi connectivity index (χ4v) is 3.31. The second-order valence-corrected chi connectivity index (χ2v) is 6.53. The van der Waals surface area contributed by atoms with Crippen LogP contribution in [0.1, 0.15) is 39.0 Å². The normalized spacial score (nSPS) is 31.7. The molecule has 2 aliphatic rings. The van der Waals surface area contributed by atoms with Crippen LogP contribution in [-0.4, -0.2) is 47.6 Å². The van der Waals surface area contributed by atoms with Gasteiger partial charge in [0, 0.05) is 12.1 Å². The molecule has 3 atom stereocenters. The average Bonchev–Trinajstić information content (AvgIpc) is 2.69. The number of amides is 2. The van der Waals surface area contributed by atoms with Gasteiger partial charge in [-0.3, -0.25) is 9.59 Å². The molecule has 2 amide bonds. The molecule has 1 aliphatic carbocycles. The van der Waals surface area contributed by atoms with Gasteiger partial charge in [-0.15, -0.1) is 12.4 Å². The molecule has 5 nitrogen and oxygen atoms in total. The van der Waals surface area contributed by atoms with E-state index < -0.39 is 36.1 Å². The van der Waals surface area contributed by atoms with Crippen molar-refractivity contribution in [1.29, 1.82) is 0 Å². The number of likely N-dealkylation sites (tertiary alicyclic amines) is 1. The minimum Gasteiger partial charge on any atom is -0.344 e. The van der Waals surface area contributed by atoms with Gasteiger partial charge in [-0.1, -0.05) is 12.8 Å². The zero-order valence-electron chi connectivity index (χ0n) is 13.0. The van der Waals surface area contributed by atoms with Crippen LogP contribution in [0.2, 0.25) is 0 Å². The minimum atomic E-state index is -4.42. The van der Waals surface area contributed by atoms with Gasteiger partial charge in [0.2, 0.25) is 11.8 Å². The predicted octanol–water partition coefficient (Wildman–Crippen LogP) is 1.60. The number of carbonyl (C=O) groups is 2. The van der Waals surface area contributed by atoms with Crippen molar-refractivity contribution in [3.05, 3.63) is 0 Å². The Kier molecular flexibility index (Phi) is 6.32. The smallest absolute Gasteiger partial charge is 0.344 e. The summed E-state index contributed by atoms with van der Waals surface area (Å²) < 4.78 is 37.1. The SMILES string of the molecule is CC1(N)CCCCC1C(=O)NC1CCN(CC(F)(F)F)C1=O.Cl. The molecular weight excluding hydrogens is 335 g/mol. The lowest BCUT2D eigenvalue weighted by Gasteiger charge is -2.37. The summed E-state index contributed by atoms with van der Waals surface area (Å²) in [6.45, 7) is 0.549. The fraction of sp³-hybridized carbons (Fsp3) is 0.857. The fourth-order valence-electron chi connectivity index (χ4n) is 3.31. The van der Waals surface area contributed by atoms with Crippen molar-refractivity contribution in [3.8, 4) is 0 Å². The van der Waals surface area contributed by atoms with E-state index in [1.807, 2.05) is 6.92 Å². The first kappa shape index (κ1) is 20.0. The van der Waals surface area contributed by atoms with Crippen molar-refractivity contribution < 1.29 is 22.8 Å². The van der Waals surface area contributed by atoms with Gasteiger partial charge in [-0.2, -0.15) is 13.2 Å². The molecule has 0 aromatic carbocycles. The first-order chi connectivity index (χ1) is 10.1. The first-order valence-electron chi connectivity index (χ1n) is 7.55. The lowest BCUT2D eigenvalue weighted by Crippen LogP contribution is -2.55. The van der Waals surface area contributed by atoms with E-state index >= 15 is 0 Å². The molecule has 2 rings (SSSR count). The number of hydrogen-bond acceptors (Lipinski definition) is 3. The number of nitrogens with one attached hydrogen (secondary N) is 1. The van der Waals surface area contributed by atoms with E-state index in [2.05, 4.69) is 5.32 Å². The number of carbonyl (C=O) groups excluding carboxylic acids is 2. The Morgan fingerprint density at radius 2 is 2.04 bits per heavy atom. The van der Waals surface area contributed by atoms with Gasteiger partial charge in [-0.05, 0) is 26.2 Å². The number of hydrogen-bond donors (Lipinski definition) is 2. The molecule has 0 aromatic heterocycles. The molecule has 1 heterocycles. The molecule has 0 spiro atoms. The van der Waals surface area contributed by atoms with Crippen LogP contribution in [0.3, 0.4) is 0 Å². The van der Waals surface area contributed by atoms with E-state index in [0.717, 1.165) is 24.2 Å². The molecular formula is C14H23ClF3N3O2. The highest BCUT2D eigenvalue weighted by molar-refractivity contribution is 5.90. The quantitative estimate of drug-likeness (QED) is 0.805. The summed E-state index contributed by atoms with van der Waals surface area (Å²) >= 11 is 0. The van der Waals surface area contributed by atoms with Gasteiger partial charge < -0.3 is 16.0 Å². The molecule has 2 fully saturated rings. The van der Waals surface area contributed by atoms with Gasteiger partial charge >= 0.3 is 6.18 Å². The molecule has 9 heteroatoms. The Morgan fingerprint density at radius 1 is 1.39 bits per heavy atom. The maximum Gasteiger partial charge on any atom is 0.406 e. The molecule has 0 radical (unpaired) electrons. The number of halogens is 4. The number of nitrogens with zero attached hydrogens (tertiary/aromatic N) is 1. The number of alkyl halides is 3. The molecule has 134 valence electrons. The molecule has 3 N–H and O–H groups in total. The number of nitrogens with two attached hydrogens (primary N) is 1. The molecule has 0 aromatic rings. The highest BCUT2D eigenvalue weighted by atomic mass is 35.5. The van der Waals surface area contributed by atoms with E-state index in [9.17, 15) is 22.8 Å². The van der Waals surface area contributed by atoms with Gasteiger partial charge in [-0.25, -0.2) is 0 Å². The highest BCUT2D eigenvalue weighted by Crippen LogP contribution is 2.32. The van der Waals surface area contributed by atoms with Crippen molar-refractivity contribution in [2.24, 2.45) is 11.7 Å². The Hall–Kier alpha value is -1.02. The van der Waals surface area contributed by atoms with Crippen LogP contribution in [0.4, 0.5) is 13.2 Å². The van der Waals surface area contributed by atoms with E-state index in [4.69, 9.17) is 5.73 Å². The van der Waals surface area contributed by atoms with Crippen molar-refractivity contribution in [3.63, 3.8) is 0 Å². The van der Waals surface area contributed by atoms with Crippen molar-refractivity contribution in [1.82, 2.24) is 10.2 Å². The second-order valence-electron chi connectivity index (χ2n) is 6.53. The Labute approximate surface area is 139 Å². The summed E-state index contributed by atoms with van der Waals surface area (Å²) in [4.78, 5) is 25.0. The zero-order valence-corrected chi connectivity index (χ0v) is 13.8. The van der Waals surface area contributed by atoms with Crippen molar-refractivity contribution in [2.75, 3.05) is 13.1 Å². The maximum absolute atomic E-state index is 12.4. The standard InChI is InChI=1S/C14H22F3N3O2.ClH/c1-13(18)6-3-2-4-9(13)11(21)19-10-5-7-20(12(10)22)8-14(15,16)17;/h9-10H,2-8,18H2,1H3,(H,19,21);1H. The summed E-state index contributed by atoms with van der Waals surface area (Å²) in [5.41, 5.74) is 5.51. The third kappa shape index (κ3) is 4.97.